The first-order valence-corrected chi connectivity index (χ1v) is 7.02. The number of pyridine rings is 1. The van der Waals surface area contributed by atoms with E-state index in [0.29, 0.717) is 16.8 Å². The van der Waals surface area contributed by atoms with E-state index in [1.54, 1.807) is 29.7 Å². The predicted octanol–water partition coefficient (Wildman–Crippen LogP) is 1.51. The average molecular weight is 314 g/mol. The van der Waals surface area contributed by atoms with Gasteiger partial charge in [0.25, 0.3) is 5.91 Å². The molecule has 0 aliphatic carbocycles. The lowest BCUT2D eigenvalue weighted by Crippen LogP contribution is -2.38. The number of halogens is 1. The summed E-state index contributed by atoms with van der Waals surface area (Å²) < 4.78 is 14.6. The summed E-state index contributed by atoms with van der Waals surface area (Å²) in [5.74, 6) is -0.709. The molecule has 0 fully saturated rings. The second kappa shape index (κ2) is 5.77. The highest BCUT2D eigenvalue weighted by atomic mass is 19.1. The second-order valence-electron chi connectivity index (χ2n) is 5.48. The molecule has 0 radical (unpaired) electrons. The highest BCUT2D eigenvalue weighted by Crippen LogP contribution is 2.20. The molecule has 1 unspecified atom stereocenters. The van der Waals surface area contributed by atoms with Gasteiger partial charge in [0, 0.05) is 6.20 Å². The Labute approximate surface area is 131 Å². The molecule has 1 amide bonds. The molecule has 1 atom stereocenters. The number of carbonyl (C=O) groups is 1. The van der Waals surface area contributed by atoms with E-state index < -0.39 is 5.60 Å². The van der Waals surface area contributed by atoms with Crippen LogP contribution in [0.25, 0.3) is 5.65 Å². The lowest BCUT2D eigenvalue weighted by molar-refractivity contribution is 0.0526. The number of benzene rings is 1. The Bertz CT molecular complexity index is 843. The smallest absolute Gasteiger partial charge is 0.252 e. The minimum atomic E-state index is -1.30. The van der Waals surface area contributed by atoms with Crippen molar-refractivity contribution in [2.75, 3.05) is 6.54 Å². The van der Waals surface area contributed by atoms with E-state index in [0.717, 1.165) is 0 Å². The molecule has 7 heteroatoms. The number of rotatable bonds is 4. The van der Waals surface area contributed by atoms with Gasteiger partial charge in [-0.25, -0.2) is 4.39 Å². The molecule has 3 aromatic rings. The Morgan fingerprint density at radius 3 is 2.78 bits per heavy atom. The number of aromatic nitrogens is 3. The molecular weight excluding hydrogens is 299 g/mol. The van der Waals surface area contributed by atoms with Gasteiger partial charge in [-0.3, -0.25) is 9.20 Å². The van der Waals surface area contributed by atoms with Crippen LogP contribution in [0.3, 0.4) is 0 Å². The van der Waals surface area contributed by atoms with Gasteiger partial charge in [-0.1, -0.05) is 12.1 Å². The summed E-state index contributed by atoms with van der Waals surface area (Å²) in [6.45, 7) is 1.56. The molecule has 0 spiro atoms. The van der Waals surface area contributed by atoms with Crippen LogP contribution in [0.5, 0.6) is 0 Å². The Kier molecular flexibility index (Phi) is 3.79. The van der Waals surface area contributed by atoms with Crippen molar-refractivity contribution in [1.29, 1.82) is 0 Å². The molecule has 118 valence electrons. The third-order valence-electron chi connectivity index (χ3n) is 3.61. The summed E-state index contributed by atoms with van der Waals surface area (Å²) >= 11 is 0. The van der Waals surface area contributed by atoms with Gasteiger partial charge >= 0.3 is 0 Å². The van der Waals surface area contributed by atoms with Gasteiger partial charge in [-0.2, -0.15) is 0 Å². The van der Waals surface area contributed by atoms with Crippen LogP contribution in [0.1, 0.15) is 22.8 Å². The summed E-state index contributed by atoms with van der Waals surface area (Å²) in [5.41, 5.74) is 0.282. The van der Waals surface area contributed by atoms with Crippen molar-refractivity contribution < 1.29 is 14.3 Å². The van der Waals surface area contributed by atoms with E-state index >= 15 is 0 Å². The third kappa shape index (κ3) is 3.19. The number of hydrogen-bond acceptors (Lipinski definition) is 4. The quantitative estimate of drug-likeness (QED) is 0.765. The molecule has 2 aromatic heterocycles. The van der Waals surface area contributed by atoms with Crippen molar-refractivity contribution >= 4 is 11.6 Å². The first kappa shape index (κ1) is 15.1. The molecule has 0 saturated carbocycles. The summed E-state index contributed by atoms with van der Waals surface area (Å²) in [5, 5.41) is 20.7. The summed E-state index contributed by atoms with van der Waals surface area (Å²) in [7, 11) is 0. The molecule has 0 aliphatic heterocycles. The number of fused-ring (bicyclic) bond motifs is 1. The van der Waals surface area contributed by atoms with Gasteiger partial charge in [0.1, 0.15) is 17.7 Å². The number of nitrogens with zero attached hydrogens (tertiary/aromatic N) is 3. The van der Waals surface area contributed by atoms with Gasteiger partial charge in [-0.15, -0.1) is 10.2 Å². The van der Waals surface area contributed by atoms with Gasteiger partial charge in [0.2, 0.25) is 0 Å². The molecule has 0 aliphatic rings. The van der Waals surface area contributed by atoms with Gasteiger partial charge < -0.3 is 10.4 Å². The van der Waals surface area contributed by atoms with Crippen molar-refractivity contribution in [3.8, 4) is 0 Å². The molecule has 1 aromatic carbocycles. The zero-order valence-electron chi connectivity index (χ0n) is 12.4. The Balaban J connectivity index is 1.71. The first-order chi connectivity index (χ1) is 11.0. The topological polar surface area (TPSA) is 79.5 Å². The number of aliphatic hydroxyl groups is 1. The summed E-state index contributed by atoms with van der Waals surface area (Å²) in [6.07, 6.45) is 3.11. The normalized spacial score (nSPS) is 13.7. The maximum Gasteiger partial charge on any atom is 0.252 e. The van der Waals surface area contributed by atoms with E-state index in [-0.39, 0.29) is 18.3 Å². The van der Waals surface area contributed by atoms with Crippen LogP contribution in [-0.2, 0) is 5.60 Å². The van der Waals surface area contributed by atoms with Crippen molar-refractivity contribution in [3.05, 3.63) is 65.9 Å². The molecule has 2 heterocycles. The third-order valence-corrected chi connectivity index (χ3v) is 3.61. The van der Waals surface area contributed by atoms with E-state index in [9.17, 15) is 14.3 Å². The summed E-state index contributed by atoms with van der Waals surface area (Å²) in [4.78, 5) is 12.2. The lowest BCUT2D eigenvalue weighted by Gasteiger charge is -2.24. The Morgan fingerprint density at radius 1 is 1.30 bits per heavy atom. The monoisotopic (exact) mass is 314 g/mol. The van der Waals surface area contributed by atoms with Crippen LogP contribution in [0.4, 0.5) is 4.39 Å². The van der Waals surface area contributed by atoms with Gasteiger partial charge in [0.05, 0.1) is 12.1 Å². The van der Waals surface area contributed by atoms with Crippen LogP contribution in [0, 0.1) is 5.82 Å². The maximum atomic E-state index is 12.9. The number of nitrogens with one attached hydrogen (secondary N) is 1. The van der Waals surface area contributed by atoms with Crippen molar-refractivity contribution in [2.24, 2.45) is 0 Å². The highest BCUT2D eigenvalue weighted by molar-refractivity contribution is 5.94. The molecule has 0 bridgehead atoms. The molecule has 0 saturated heterocycles. The van der Waals surface area contributed by atoms with E-state index in [4.69, 9.17) is 0 Å². The van der Waals surface area contributed by atoms with Crippen LogP contribution < -0.4 is 5.32 Å². The number of amides is 1. The zero-order valence-corrected chi connectivity index (χ0v) is 12.4. The molecule has 2 N–H and O–H groups in total. The maximum absolute atomic E-state index is 12.9. The second-order valence-corrected chi connectivity index (χ2v) is 5.48. The van der Waals surface area contributed by atoms with Gasteiger partial charge in [-0.05, 0) is 36.8 Å². The minimum absolute atomic E-state index is 0.00230. The SMILES string of the molecule is CC(O)(CNC(=O)c1ccc2nncn2c1)c1ccc(F)cc1. The zero-order chi connectivity index (χ0) is 16.4. The standard InChI is InChI=1S/C16H15FN4O2/c1-16(23,12-3-5-13(17)6-4-12)9-18-15(22)11-2-7-14-20-19-10-21(14)8-11/h2-8,10,23H,9H2,1H3,(H,18,22). The highest BCUT2D eigenvalue weighted by Gasteiger charge is 2.24. The van der Waals surface area contributed by atoms with Crippen LogP contribution in [0.15, 0.2) is 48.9 Å². The van der Waals surface area contributed by atoms with Crippen molar-refractivity contribution in [2.45, 2.75) is 12.5 Å². The predicted molar refractivity (Wildman–Crippen MR) is 81.3 cm³/mol. The Morgan fingerprint density at radius 2 is 2.04 bits per heavy atom. The first-order valence-electron chi connectivity index (χ1n) is 7.02. The number of hydrogen-bond donors (Lipinski definition) is 2. The fourth-order valence-electron chi connectivity index (χ4n) is 2.23. The van der Waals surface area contributed by atoms with Crippen molar-refractivity contribution in [3.63, 3.8) is 0 Å². The van der Waals surface area contributed by atoms with Crippen molar-refractivity contribution in [1.82, 2.24) is 19.9 Å². The Hall–Kier alpha value is -2.80. The fourth-order valence-corrected chi connectivity index (χ4v) is 2.23. The molecule has 3 rings (SSSR count). The van der Waals surface area contributed by atoms with Crippen LogP contribution in [0.2, 0.25) is 0 Å². The van der Waals surface area contributed by atoms with E-state index in [2.05, 4.69) is 15.5 Å². The fraction of sp³-hybridized carbons (Fsp3) is 0.188. The lowest BCUT2D eigenvalue weighted by atomic mass is 9.96. The van der Waals surface area contributed by atoms with Crippen LogP contribution in [-0.4, -0.2) is 32.2 Å². The number of carbonyl (C=O) groups excluding carboxylic acids is 1. The average Bonchev–Trinajstić information content (AvgIpc) is 3.00. The van der Waals surface area contributed by atoms with Gasteiger partial charge in [0.15, 0.2) is 5.65 Å². The van der Waals surface area contributed by atoms with E-state index in [1.807, 2.05) is 0 Å². The minimum Gasteiger partial charge on any atom is -0.384 e. The van der Waals surface area contributed by atoms with E-state index in [1.165, 1.54) is 30.6 Å². The molecule has 23 heavy (non-hydrogen) atoms. The molecular formula is C16H15FN4O2. The van der Waals surface area contributed by atoms with Crippen LogP contribution >= 0.6 is 0 Å². The molecule has 6 nitrogen and oxygen atoms in total. The summed E-state index contributed by atoms with van der Waals surface area (Å²) in [6, 6.07) is 8.83. The largest absolute Gasteiger partial charge is 0.384 e.